The van der Waals surface area contributed by atoms with Crippen LogP contribution < -0.4 is 9.62 Å². The van der Waals surface area contributed by atoms with Crippen molar-refractivity contribution in [3.63, 3.8) is 0 Å². The molecule has 2 amide bonds. The van der Waals surface area contributed by atoms with E-state index in [4.69, 9.17) is 11.6 Å². The minimum Gasteiger partial charge on any atom is -0.352 e. The van der Waals surface area contributed by atoms with Crippen molar-refractivity contribution in [1.29, 1.82) is 0 Å². The molecule has 0 fully saturated rings. The van der Waals surface area contributed by atoms with E-state index in [0.29, 0.717) is 22.7 Å². The van der Waals surface area contributed by atoms with E-state index in [0.717, 1.165) is 15.4 Å². The van der Waals surface area contributed by atoms with Crippen LogP contribution in [0.15, 0.2) is 77.7 Å². The summed E-state index contributed by atoms with van der Waals surface area (Å²) >= 11 is 6.43. The molecule has 1 N–H and O–H groups in total. The lowest BCUT2D eigenvalue weighted by Gasteiger charge is -2.33. The van der Waals surface area contributed by atoms with Crippen LogP contribution >= 0.6 is 11.6 Å². The van der Waals surface area contributed by atoms with Crippen molar-refractivity contribution < 1.29 is 18.0 Å². The Morgan fingerprint density at radius 1 is 0.923 bits per heavy atom. The normalized spacial score (nSPS) is 12.2. The average molecular weight is 570 g/mol. The highest BCUT2D eigenvalue weighted by molar-refractivity contribution is 7.92. The van der Waals surface area contributed by atoms with Crippen molar-refractivity contribution in [2.24, 2.45) is 0 Å². The molecule has 1 unspecified atom stereocenters. The maximum atomic E-state index is 14.1. The first-order valence-corrected chi connectivity index (χ1v) is 14.8. The number of amides is 2. The molecule has 0 saturated carbocycles. The summed E-state index contributed by atoms with van der Waals surface area (Å²) in [7, 11) is -4.11. The lowest BCUT2D eigenvalue weighted by molar-refractivity contribution is -0.140. The molecule has 7 nitrogen and oxygen atoms in total. The maximum absolute atomic E-state index is 14.1. The summed E-state index contributed by atoms with van der Waals surface area (Å²) in [5.74, 6) is -0.824. The molecule has 9 heteroatoms. The Morgan fingerprint density at radius 2 is 1.56 bits per heavy atom. The summed E-state index contributed by atoms with van der Waals surface area (Å²) in [5.41, 5.74) is 2.92. The van der Waals surface area contributed by atoms with E-state index in [2.05, 4.69) is 5.32 Å². The van der Waals surface area contributed by atoms with Gasteiger partial charge in [0.2, 0.25) is 11.8 Å². The predicted molar refractivity (Wildman–Crippen MR) is 156 cm³/mol. The number of nitrogens with zero attached hydrogens (tertiary/aromatic N) is 2. The van der Waals surface area contributed by atoms with Gasteiger partial charge < -0.3 is 10.2 Å². The summed E-state index contributed by atoms with van der Waals surface area (Å²) in [6, 6.07) is 19.4. The Hall–Kier alpha value is -3.36. The zero-order chi connectivity index (χ0) is 28.7. The Bertz CT molecular complexity index is 1410. The average Bonchev–Trinajstić information content (AvgIpc) is 2.89. The molecule has 0 bridgehead atoms. The molecule has 0 spiro atoms. The second-order valence-corrected chi connectivity index (χ2v) is 12.1. The Balaban J connectivity index is 2.09. The zero-order valence-electron chi connectivity index (χ0n) is 23.0. The first-order valence-electron chi connectivity index (χ1n) is 12.9. The molecule has 39 heavy (non-hydrogen) atoms. The smallest absolute Gasteiger partial charge is 0.264 e. The molecular formula is C30H36ClN3O4S. The second kappa shape index (κ2) is 13.1. The fourth-order valence-corrected chi connectivity index (χ4v) is 5.86. The van der Waals surface area contributed by atoms with Gasteiger partial charge in [-0.1, -0.05) is 61.0 Å². The molecule has 3 aromatic rings. The molecular weight excluding hydrogens is 534 g/mol. The number of anilines is 1. The first kappa shape index (κ1) is 30.2. The molecule has 3 rings (SSSR count). The third-order valence-electron chi connectivity index (χ3n) is 6.50. The lowest BCUT2D eigenvalue weighted by Crippen LogP contribution is -2.53. The van der Waals surface area contributed by atoms with Crippen LogP contribution in [0.2, 0.25) is 5.02 Å². The fourth-order valence-electron chi connectivity index (χ4n) is 4.24. The quantitative estimate of drug-likeness (QED) is 0.331. The first-order chi connectivity index (χ1) is 18.4. The summed E-state index contributed by atoms with van der Waals surface area (Å²) in [6.07, 6.45) is 0.337. The topological polar surface area (TPSA) is 86.8 Å². The number of carbonyl (C=O) groups is 2. The number of hydrogen-bond donors (Lipinski definition) is 1. The number of sulfonamides is 1. The third-order valence-corrected chi connectivity index (χ3v) is 8.66. The summed E-state index contributed by atoms with van der Waals surface area (Å²) in [4.78, 5) is 28.7. The highest BCUT2D eigenvalue weighted by Gasteiger charge is 2.34. The van der Waals surface area contributed by atoms with Crippen molar-refractivity contribution in [2.45, 2.75) is 64.6 Å². The van der Waals surface area contributed by atoms with Gasteiger partial charge in [0.1, 0.15) is 12.6 Å². The van der Waals surface area contributed by atoms with Gasteiger partial charge in [-0.15, -0.1) is 0 Å². The van der Waals surface area contributed by atoms with E-state index in [9.17, 15) is 18.0 Å². The fraction of sp³-hybridized carbons (Fsp3) is 0.333. The van der Waals surface area contributed by atoms with Gasteiger partial charge >= 0.3 is 0 Å². The van der Waals surface area contributed by atoms with E-state index in [-0.39, 0.29) is 23.4 Å². The van der Waals surface area contributed by atoms with Crippen LogP contribution in [-0.2, 0) is 26.2 Å². The van der Waals surface area contributed by atoms with E-state index >= 15 is 0 Å². The van der Waals surface area contributed by atoms with Crippen LogP contribution in [0.25, 0.3) is 0 Å². The van der Waals surface area contributed by atoms with E-state index in [1.807, 2.05) is 40.7 Å². The van der Waals surface area contributed by atoms with Crippen LogP contribution in [0.1, 0.15) is 43.9 Å². The molecule has 3 aromatic carbocycles. The Kier molecular flexibility index (Phi) is 10.2. The van der Waals surface area contributed by atoms with Gasteiger partial charge in [-0.3, -0.25) is 13.9 Å². The minimum absolute atomic E-state index is 0.0503. The molecule has 0 aliphatic heterocycles. The summed E-state index contributed by atoms with van der Waals surface area (Å²) in [5, 5.41) is 3.34. The van der Waals surface area contributed by atoms with Gasteiger partial charge in [-0.2, -0.15) is 0 Å². The number of halogens is 1. The van der Waals surface area contributed by atoms with Crippen molar-refractivity contribution in [3.05, 3.63) is 94.5 Å². The molecule has 0 aliphatic rings. The molecule has 0 aliphatic carbocycles. The van der Waals surface area contributed by atoms with Gasteiger partial charge in [0.15, 0.2) is 0 Å². The van der Waals surface area contributed by atoms with E-state index in [1.165, 1.54) is 17.0 Å². The van der Waals surface area contributed by atoms with Gasteiger partial charge in [0, 0.05) is 17.6 Å². The molecule has 208 valence electrons. The predicted octanol–water partition coefficient (Wildman–Crippen LogP) is 5.48. The van der Waals surface area contributed by atoms with Crippen LogP contribution in [0.5, 0.6) is 0 Å². The third kappa shape index (κ3) is 7.40. The van der Waals surface area contributed by atoms with Crippen LogP contribution in [0.4, 0.5) is 5.69 Å². The van der Waals surface area contributed by atoms with Crippen molar-refractivity contribution in [2.75, 3.05) is 10.8 Å². The number of carbonyl (C=O) groups excluding carboxylic acids is 2. The lowest BCUT2D eigenvalue weighted by atomic mass is 10.1. The number of hydrogen-bond acceptors (Lipinski definition) is 4. The van der Waals surface area contributed by atoms with Gasteiger partial charge in [-0.05, 0) is 81.1 Å². The Morgan fingerprint density at radius 3 is 2.15 bits per heavy atom. The summed E-state index contributed by atoms with van der Waals surface area (Å²) < 4.78 is 28.9. The van der Waals surface area contributed by atoms with Gasteiger partial charge in [-0.25, -0.2) is 8.42 Å². The number of rotatable bonds is 11. The van der Waals surface area contributed by atoms with Crippen LogP contribution in [0, 0.1) is 13.8 Å². The molecule has 0 aromatic heterocycles. The molecule has 0 saturated heterocycles. The van der Waals surface area contributed by atoms with Crippen LogP contribution in [0.3, 0.4) is 0 Å². The molecule has 0 heterocycles. The van der Waals surface area contributed by atoms with Gasteiger partial charge in [0.25, 0.3) is 10.0 Å². The highest BCUT2D eigenvalue weighted by Crippen LogP contribution is 2.27. The SMILES string of the molecule is CCC(C(=O)NC(C)C)N(Cc1ccccc1Cl)C(=O)CN(c1ccc(C)c(C)c1)S(=O)(=O)c1ccccc1. The second-order valence-electron chi connectivity index (χ2n) is 9.79. The number of nitrogens with one attached hydrogen (secondary N) is 1. The molecule has 0 radical (unpaired) electrons. The zero-order valence-corrected chi connectivity index (χ0v) is 24.6. The number of aryl methyl sites for hydroxylation is 2. The van der Waals surface area contributed by atoms with Crippen molar-refractivity contribution >= 4 is 39.1 Å². The summed E-state index contributed by atoms with van der Waals surface area (Å²) in [6.45, 7) is 8.90. The van der Waals surface area contributed by atoms with E-state index in [1.54, 1.807) is 54.6 Å². The van der Waals surface area contributed by atoms with Crippen molar-refractivity contribution in [3.8, 4) is 0 Å². The van der Waals surface area contributed by atoms with E-state index < -0.39 is 28.5 Å². The Labute approximate surface area is 236 Å². The maximum Gasteiger partial charge on any atom is 0.264 e. The molecule has 1 atom stereocenters. The largest absolute Gasteiger partial charge is 0.352 e. The standard InChI is InChI=1S/C30H36ClN3O4S/c1-6-28(30(36)32-21(2)3)33(19-24-12-10-11-15-27(24)31)29(35)20-34(25-17-16-22(4)23(5)18-25)39(37,38)26-13-8-7-9-14-26/h7-18,21,28H,6,19-20H2,1-5H3,(H,32,36). The number of benzene rings is 3. The van der Waals surface area contributed by atoms with Crippen LogP contribution in [-0.4, -0.2) is 43.8 Å². The highest BCUT2D eigenvalue weighted by atomic mass is 35.5. The van der Waals surface area contributed by atoms with Gasteiger partial charge in [0.05, 0.1) is 10.6 Å². The monoisotopic (exact) mass is 569 g/mol. The van der Waals surface area contributed by atoms with Crippen molar-refractivity contribution in [1.82, 2.24) is 10.2 Å². The minimum atomic E-state index is -4.11.